The SMILES string of the molecule is CCCNC(=O)[C@@H]1[C@H]2C(=O)N(CCO)C(C(=O)NCn3nnc4ccccc43)C23CC[C@@]1(CC)O3. The second-order valence-electron chi connectivity index (χ2n) is 9.66. The number of hydrogen-bond donors (Lipinski definition) is 3. The quantitative estimate of drug-likeness (QED) is 0.461. The van der Waals surface area contributed by atoms with Crippen LogP contribution in [0.5, 0.6) is 0 Å². The van der Waals surface area contributed by atoms with E-state index < -0.39 is 35.0 Å². The first-order valence-corrected chi connectivity index (χ1v) is 12.4. The summed E-state index contributed by atoms with van der Waals surface area (Å²) in [6.45, 7) is 4.21. The number of aromatic nitrogens is 3. The topological polar surface area (TPSA) is 139 Å². The summed E-state index contributed by atoms with van der Waals surface area (Å²) in [4.78, 5) is 42.0. The van der Waals surface area contributed by atoms with E-state index in [9.17, 15) is 19.5 Å². The first-order valence-electron chi connectivity index (χ1n) is 12.4. The predicted octanol–water partition coefficient (Wildman–Crippen LogP) is 0.178. The highest BCUT2D eigenvalue weighted by Crippen LogP contribution is 2.64. The van der Waals surface area contributed by atoms with E-state index in [1.54, 1.807) is 4.68 Å². The molecule has 4 heterocycles. The molecule has 3 saturated heterocycles. The molecule has 11 heteroatoms. The van der Waals surface area contributed by atoms with Crippen LogP contribution in [0.15, 0.2) is 24.3 Å². The summed E-state index contributed by atoms with van der Waals surface area (Å²) in [7, 11) is 0. The standard InChI is InChI=1S/C24H32N6O5/c1-3-11-25-20(32)17-18-22(34)29(12-13-31)19(24(18)10-9-23(17,4-2)35-24)21(33)26-14-30-16-8-6-5-7-15(16)27-28-30/h5-8,17-19,31H,3-4,9-14H2,1-2H3,(H,25,32)(H,26,33)/t17-,18-,19?,23+,24?/m0/s1. The van der Waals surface area contributed by atoms with Gasteiger partial charge in [-0.25, -0.2) is 4.68 Å². The number of ether oxygens (including phenoxy) is 1. The molecule has 3 aliphatic heterocycles. The van der Waals surface area contributed by atoms with Gasteiger partial charge in [-0.1, -0.05) is 31.2 Å². The highest BCUT2D eigenvalue weighted by Gasteiger charge is 2.78. The summed E-state index contributed by atoms with van der Waals surface area (Å²) in [5.74, 6) is -2.33. The fourth-order valence-corrected chi connectivity index (χ4v) is 6.41. The number of amides is 3. The number of aliphatic hydroxyl groups excluding tert-OH is 1. The van der Waals surface area contributed by atoms with E-state index in [1.165, 1.54) is 4.90 Å². The van der Waals surface area contributed by atoms with Gasteiger partial charge < -0.3 is 25.4 Å². The van der Waals surface area contributed by atoms with E-state index >= 15 is 0 Å². The summed E-state index contributed by atoms with van der Waals surface area (Å²) in [6.07, 6.45) is 2.45. The lowest BCUT2D eigenvalue weighted by atomic mass is 9.65. The summed E-state index contributed by atoms with van der Waals surface area (Å²) >= 11 is 0. The summed E-state index contributed by atoms with van der Waals surface area (Å²) in [6, 6.07) is 6.48. The van der Waals surface area contributed by atoms with E-state index in [-0.39, 0.29) is 31.6 Å². The number of likely N-dealkylation sites (tertiary alicyclic amines) is 1. The highest BCUT2D eigenvalue weighted by molar-refractivity contribution is 5.99. The van der Waals surface area contributed by atoms with Gasteiger partial charge in [0.05, 0.1) is 29.6 Å². The van der Waals surface area contributed by atoms with Crippen molar-refractivity contribution in [3.8, 4) is 0 Å². The van der Waals surface area contributed by atoms with Crippen molar-refractivity contribution in [2.45, 2.75) is 63.4 Å². The molecule has 3 N–H and O–H groups in total. The lowest BCUT2D eigenvalue weighted by molar-refractivity contribution is -0.148. The van der Waals surface area contributed by atoms with Crippen LogP contribution in [0.3, 0.4) is 0 Å². The van der Waals surface area contributed by atoms with Gasteiger partial charge in [0.15, 0.2) is 0 Å². The first kappa shape index (κ1) is 23.7. The molecule has 11 nitrogen and oxygen atoms in total. The Morgan fingerprint density at radius 1 is 1.20 bits per heavy atom. The lowest BCUT2D eigenvalue weighted by Crippen LogP contribution is -2.55. The van der Waals surface area contributed by atoms with E-state index in [2.05, 4.69) is 20.9 Å². The number of nitrogens with zero attached hydrogens (tertiary/aromatic N) is 4. The number of β-amino-alcohol motifs (C(OH)–C–C–N with tert-alkyl or cyclic N) is 1. The Morgan fingerprint density at radius 3 is 2.74 bits per heavy atom. The second-order valence-corrected chi connectivity index (χ2v) is 9.66. The molecule has 3 fully saturated rings. The predicted molar refractivity (Wildman–Crippen MR) is 125 cm³/mol. The summed E-state index contributed by atoms with van der Waals surface area (Å²) in [5, 5.41) is 23.7. The number of para-hydroxylation sites is 1. The van der Waals surface area contributed by atoms with Crippen molar-refractivity contribution in [2.75, 3.05) is 19.7 Å². The normalized spacial score (nSPS) is 31.2. The van der Waals surface area contributed by atoms with Gasteiger partial charge in [-0.05, 0) is 37.8 Å². The molecule has 188 valence electrons. The van der Waals surface area contributed by atoms with Gasteiger partial charge in [0.2, 0.25) is 17.7 Å². The van der Waals surface area contributed by atoms with Crippen molar-refractivity contribution in [3.05, 3.63) is 24.3 Å². The van der Waals surface area contributed by atoms with Crippen molar-refractivity contribution in [1.29, 1.82) is 0 Å². The zero-order valence-electron chi connectivity index (χ0n) is 20.1. The number of carbonyl (C=O) groups excluding carboxylic acids is 3. The van der Waals surface area contributed by atoms with Gasteiger partial charge in [-0.2, -0.15) is 0 Å². The van der Waals surface area contributed by atoms with Gasteiger partial charge in [-0.3, -0.25) is 14.4 Å². The van der Waals surface area contributed by atoms with Crippen LogP contribution in [0.2, 0.25) is 0 Å². The third-order valence-electron chi connectivity index (χ3n) is 7.93. The maximum Gasteiger partial charge on any atom is 0.247 e. The molecule has 3 aliphatic rings. The third kappa shape index (κ3) is 3.43. The number of fused-ring (bicyclic) bond motifs is 2. The highest BCUT2D eigenvalue weighted by atomic mass is 16.5. The van der Waals surface area contributed by atoms with Gasteiger partial charge in [0.1, 0.15) is 23.8 Å². The van der Waals surface area contributed by atoms with Gasteiger partial charge >= 0.3 is 0 Å². The van der Waals surface area contributed by atoms with Crippen molar-refractivity contribution in [3.63, 3.8) is 0 Å². The molecule has 1 aromatic heterocycles. The minimum Gasteiger partial charge on any atom is -0.395 e. The minimum atomic E-state index is -1.11. The molecular weight excluding hydrogens is 452 g/mol. The number of carbonyl (C=O) groups is 3. The Labute approximate surface area is 203 Å². The molecule has 0 radical (unpaired) electrons. The monoisotopic (exact) mass is 484 g/mol. The summed E-state index contributed by atoms with van der Waals surface area (Å²) < 4.78 is 8.20. The van der Waals surface area contributed by atoms with Crippen molar-refractivity contribution >= 4 is 28.8 Å². The molecular formula is C24H32N6O5. The van der Waals surface area contributed by atoms with Crippen LogP contribution in [0.25, 0.3) is 11.0 Å². The number of nitrogens with one attached hydrogen (secondary N) is 2. The van der Waals surface area contributed by atoms with Crippen LogP contribution in [0.1, 0.15) is 39.5 Å². The van der Waals surface area contributed by atoms with E-state index in [0.29, 0.717) is 31.3 Å². The number of rotatable bonds is 9. The Bertz CT molecular complexity index is 1150. The fraction of sp³-hybridized carbons (Fsp3) is 0.625. The minimum absolute atomic E-state index is 0.00674. The first-order chi connectivity index (χ1) is 16.9. The molecule has 5 atom stereocenters. The Morgan fingerprint density at radius 2 is 2.00 bits per heavy atom. The van der Waals surface area contributed by atoms with E-state index in [1.807, 2.05) is 38.1 Å². The molecule has 2 aromatic rings. The molecule has 2 unspecified atom stereocenters. The maximum atomic E-state index is 13.7. The zero-order valence-corrected chi connectivity index (χ0v) is 20.1. The van der Waals surface area contributed by atoms with Crippen LogP contribution >= 0.6 is 0 Å². The Balaban J connectivity index is 1.45. The van der Waals surface area contributed by atoms with Gasteiger partial charge in [0, 0.05) is 13.1 Å². The smallest absolute Gasteiger partial charge is 0.247 e. The van der Waals surface area contributed by atoms with Crippen LogP contribution in [-0.2, 0) is 25.8 Å². The average Bonchev–Trinajstić information content (AvgIpc) is 3.59. The van der Waals surface area contributed by atoms with Crippen molar-refractivity contribution in [1.82, 2.24) is 30.5 Å². The molecule has 1 aromatic carbocycles. The van der Waals surface area contributed by atoms with Crippen LogP contribution in [0.4, 0.5) is 0 Å². The molecule has 0 saturated carbocycles. The number of benzene rings is 1. The Hall–Kier alpha value is -3.05. The zero-order chi connectivity index (χ0) is 24.8. The van der Waals surface area contributed by atoms with Crippen molar-refractivity contribution < 1.29 is 24.2 Å². The maximum absolute atomic E-state index is 13.7. The molecule has 1 spiro atoms. The second kappa shape index (κ2) is 8.87. The van der Waals surface area contributed by atoms with E-state index in [4.69, 9.17) is 4.74 Å². The van der Waals surface area contributed by atoms with Crippen LogP contribution in [-0.4, -0.2) is 79.7 Å². The number of hydrogen-bond acceptors (Lipinski definition) is 7. The fourth-order valence-electron chi connectivity index (χ4n) is 6.41. The molecule has 0 aliphatic carbocycles. The largest absolute Gasteiger partial charge is 0.395 e. The van der Waals surface area contributed by atoms with Crippen LogP contribution < -0.4 is 10.6 Å². The van der Waals surface area contributed by atoms with E-state index in [0.717, 1.165) is 11.9 Å². The molecule has 2 bridgehead atoms. The Kier molecular flexibility index (Phi) is 6.00. The average molecular weight is 485 g/mol. The van der Waals surface area contributed by atoms with Crippen molar-refractivity contribution in [2.24, 2.45) is 11.8 Å². The summed E-state index contributed by atoms with van der Waals surface area (Å²) in [5.41, 5.74) is -0.397. The third-order valence-corrected chi connectivity index (χ3v) is 7.93. The number of aliphatic hydroxyl groups is 1. The lowest BCUT2D eigenvalue weighted by Gasteiger charge is -2.33. The molecule has 5 rings (SSSR count). The van der Waals surface area contributed by atoms with Gasteiger partial charge in [-0.15, -0.1) is 5.10 Å². The molecule has 3 amide bonds. The van der Waals surface area contributed by atoms with Gasteiger partial charge in [0.25, 0.3) is 0 Å². The van der Waals surface area contributed by atoms with Crippen LogP contribution in [0, 0.1) is 11.8 Å². The molecule has 35 heavy (non-hydrogen) atoms.